The van der Waals surface area contributed by atoms with Gasteiger partial charge in [-0.2, -0.15) is 0 Å². The summed E-state index contributed by atoms with van der Waals surface area (Å²) in [6, 6.07) is 0. The van der Waals surface area contributed by atoms with E-state index in [0.29, 0.717) is 0 Å². The van der Waals surface area contributed by atoms with Crippen LogP contribution < -0.4 is 0 Å². The zero-order chi connectivity index (χ0) is 10.4. The number of rotatable bonds is 0. The molecule has 1 aliphatic carbocycles. The molecule has 0 atom stereocenters. The van der Waals surface area contributed by atoms with Crippen molar-refractivity contribution in [3.63, 3.8) is 0 Å². The summed E-state index contributed by atoms with van der Waals surface area (Å²) in [5.41, 5.74) is 0. The molecule has 1 aliphatic rings. The third-order valence-corrected chi connectivity index (χ3v) is 1.21. The molecule has 6 radical (unpaired) electrons. The second-order valence-electron chi connectivity index (χ2n) is 1.27. The summed E-state index contributed by atoms with van der Waals surface area (Å²) in [6.07, 6.45) is 7.39. The Kier molecular flexibility index (Phi) is 32.2. The van der Waals surface area contributed by atoms with Crippen molar-refractivity contribution in [2.75, 3.05) is 0 Å². The van der Waals surface area contributed by atoms with E-state index in [1.165, 1.54) is 4.44 Å². The summed E-state index contributed by atoms with van der Waals surface area (Å²) < 4.78 is 1.34. The normalized spacial score (nSPS) is 10.2. The van der Waals surface area contributed by atoms with Crippen molar-refractivity contribution in [2.24, 2.45) is 0 Å². The molecule has 1 rings (SSSR count). The number of allylic oxidation sites excluding steroid dienone is 4. The molecule has 0 aromatic carbocycles. The van der Waals surface area contributed by atoms with Crippen molar-refractivity contribution in [3.8, 4) is 0 Å². The van der Waals surface area contributed by atoms with Gasteiger partial charge in [0.25, 0.3) is 20.4 Å². The first-order valence-corrected chi connectivity index (χ1v) is 3.17. The van der Waals surface area contributed by atoms with Crippen molar-refractivity contribution >= 4 is 20.4 Å². The molecule has 0 N–H and O–H groups in total. The van der Waals surface area contributed by atoms with Crippen molar-refractivity contribution in [3.05, 3.63) is 22.7 Å². The van der Waals surface area contributed by atoms with Crippen LogP contribution in [0.25, 0.3) is 0 Å². The average Bonchev–Trinajstić information content (AvgIpc) is 2.66. The zero-order valence-corrected chi connectivity index (χ0v) is 7.35. The van der Waals surface area contributed by atoms with Crippen molar-refractivity contribution in [1.82, 2.24) is 0 Å². The van der Waals surface area contributed by atoms with Crippen LogP contribution in [0.3, 0.4) is 0 Å². The molecule has 4 heteroatoms. The van der Waals surface area contributed by atoms with Crippen LogP contribution in [-0.4, -0.2) is 20.4 Å². The minimum absolute atomic E-state index is 1.11. The van der Waals surface area contributed by atoms with Gasteiger partial charge >= 0.3 is 45.4 Å². The van der Waals surface area contributed by atoms with Crippen LogP contribution in [0.4, 0.5) is 0 Å². The zero-order valence-electron chi connectivity index (χ0n) is 6.07. The van der Waals surface area contributed by atoms with Gasteiger partial charge in [-0.15, -0.1) is 0 Å². The Bertz CT molecular complexity index is 138. The van der Waals surface area contributed by atoms with E-state index >= 15 is 0 Å². The molecule has 0 saturated heterocycles. The molecule has 61 valence electrons. The second-order valence-corrected chi connectivity index (χ2v) is 2.08. The first-order valence-electron chi connectivity index (χ1n) is 2.53. The molecule has 0 unspecified atom stereocenters. The maximum atomic E-state index is 7.50. The number of carbonyl (C=O) groups excluding carboxylic acids is 3. The summed E-state index contributed by atoms with van der Waals surface area (Å²) >= 11 is 2.94. The molecule has 0 aromatic heterocycles. The Hall–Kier alpha value is -0.978. The van der Waals surface area contributed by atoms with Crippen LogP contribution in [0.2, 0.25) is 0 Å². The third kappa shape index (κ3) is 16.0. The van der Waals surface area contributed by atoms with Crippen LogP contribution >= 0.6 is 0 Å². The molecule has 0 spiro atoms. The molecule has 0 aliphatic heterocycles. The van der Waals surface area contributed by atoms with E-state index < -0.39 is 0 Å². The van der Waals surface area contributed by atoms with Gasteiger partial charge in [-0.25, -0.2) is 0 Å². The maximum absolute atomic E-state index is 7.50. The standard InChI is InChI=1S/C5H5.3CO.Cr/c1-2-4-5-3-1;3*1-2;/h1-3H,4H2;;;;. The van der Waals surface area contributed by atoms with Gasteiger partial charge in [0.05, 0.1) is 0 Å². The van der Waals surface area contributed by atoms with Gasteiger partial charge in [-0.05, 0) is 0 Å². The molecular weight excluding hydrogens is 196 g/mol. The molecule has 3 nitrogen and oxygen atoms in total. The second kappa shape index (κ2) is 22.5. The summed E-state index contributed by atoms with van der Waals surface area (Å²) in [5.74, 6) is 0. The summed E-state index contributed by atoms with van der Waals surface area (Å²) in [5, 5.41) is 0. The molecule has 0 saturated carbocycles. The molecule has 0 bridgehead atoms. The van der Waals surface area contributed by atoms with E-state index in [2.05, 4.69) is 54.9 Å². The van der Waals surface area contributed by atoms with E-state index in [1.54, 1.807) is 0 Å². The van der Waals surface area contributed by atoms with E-state index in [9.17, 15) is 0 Å². The molecule has 0 aromatic rings. The van der Waals surface area contributed by atoms with Gasteiger partial charge in [0.2, 0.25) is 0 Å². The van der Waals surface area contributed by atoms with Crippen LogP contribution in [0, 0.1) is 0 Å². The van der Waals surface area contributed by atoms with Crippen LogP contribution in [-0.2, 0) is 30.7 Å². The van der Waals surface area contributed by atoms with Crippen LogP contribution in [0.1, 0.15) is 6.42 Å². The average molecular weight is 201 g/mol. The molecule has 12 heavy (non-hydrogen) atoms. The Morgan fingerprint density at radius 3 is 1.58 bits per heavy atom. The Morgan fingerprint density at radius 2 is 1.50 bits per heavy atom. The Balaban J connectivity index is -0.000000117. The topological polar surface area (TPSA) is 51.2 Å². The fraction of sp³-hybridized carbons (Fsp3) is 0.125. The van der Waals surface area contributed by atoms with E-state index in [-0.39, 0.29) is 0 Å². The van der Waals surface area contributed by atoms with E-state index in [4.69, 9.17) is 14.4 Å². The monoisotopic (exact) mass is 201 g/mol. The summed E-state index contributed by atoms with van der Waals surface area (Å²) in [6.45, 7) is 13.5. The molecule has 0 amide bonds. The third-order valence-electron chi connectivity index (χ3n) is 0.737. The number of hydrogen-bond acceptors (Lipinski definition) is 3. The minimum atomic E-state index is 1.11. The van der Waals surface area contributed by atoms with Gasteiger partial charge in [0.1, 0.15) is 0 Å². The van der Waals surface area contributed by atoms with Gasteiger partial charge in [0.15, 0.2) is 0 Å². The van der Waals surface area contributed by atoms with Crippen molar-refractivity contribution in [1.29, 1.82) is 0 Å². The Labute approximate surface area is 80.6 Å². The first-order chi connectivity index (χ1) is 5.89. The predicted molar refractivity (Wildman–Crippen MR) is 38.9 cm³/mol. The summed E-state index contributed by atoms with van der Waals surface area (Å²) in [4.78, 5) is 22.5. The van der Waals surface area contributed by atoms with E-state index in [0.717, 1.165) is 6.42 Å². The van der Waals surface area contributed by atoms with Gasteiger partial charge in [0, 0.05) is 0 Å². The van der Waals surface area contributed by atoms with Crippen LogP contribution in [0.5, 0.6) is 0 Å². The SMILES string of the molecule is [C]=O.[C]=O.[C]=O.[Cr][C]1=CC=CC1. The number of hydrogen-bond donors (Lipinski definition) is 0. The molecule has 0 fully saturated rings. The van der Waals surface area contributed by atoms with Gasteiger partial charge in [-0.3, -0.25) is 14.4 Å². The van der Waals surface area contributed by atoms with E-state index in [1.807, 2.05) is 0 Å². The molecule has 0 heterocycles. The quantitative estimate of drug-likeness (QED) is 0.562. The molecular formula is C8H5CrO3. The summed E-state index contributed by atoms with van der Waals surface area (Å²) in [7, 11) is 0. The van der Waals surface area contributed by atoms with Crippen molar-refractivity contribution in [2.45, 2.75) is 6.42 Å². The Morgan fingerprint density at radius 1 is 1.08 bits per heavy atom. The fourth-order valence-electron chi connectivity index (χ4n) is 0.428. The van der Waals surface area contributed by atoms with Crippen LogP contribution in [0.15, 0.2) is 22.7 Å². The van der Waals surface area contributed by atoms with Crippen molar-refractivity contribution < 1.29 is 30.7 Å². The predicted octanol–water partition coefficient (Wildman–Crippen LogP) is 0.186. The van der Waals surface area contributed by atoms with Gasteiger partial charge < -0.3 is 0 Å². The van der Waals surface area contributed by atoms with Gasteiger partial charge in [-0.1, -0.05) is 0 Å². The fourth-order valence-corrected chi connectivity index (χ4v) is 0.701. The first kappa shape index (κ1) is 17.2.